The van der Waals surface area contributed by atoms with E-state index in [-0.39, 0.29) is 16.8 Å². The Morgan fingerprint density at radius 1 is 1.42 bits per heavy atom. The van der Waals surface area contributed by atoms with Crippen molar-refractivity contribution in [3.63, 3.8) is 0 Å². The molecule has 4 heteroatoms. The van der Waals surface area contributed by atoms with E-state index in [1.54, 1.807) is 6.08 Å². The van der Waals surface area contributed by atoms with Crippen LogP contribution in [-0.2, 0) is 9.53 Å². The molecule has 2 saturated carbocycles. The SMILES string of the molecule is C=C1CCC2C3(C)C=NN=C3CC[C@]2(C)C1C/C=C1\C=COC1=O. The minimum atomic E-state index is -0.244. The van der Waals surface area contributed by atoms with Gasteiger partial charge in [0.25, 0.3) is 0 Å². The van der Waals surface area contributed by atoms with Crippen LogP contribution in [0, 0.1) is 22.7 Å². The van der Waals surface area contributed by atoms with Gasteiger partial charge in [-0.15, -0.1) is 0 Å². The molecule has 0 aromatic carbocycles. The van der Waals surface area contributed by atoms with Crippen molar-refractivity contribution in [2.45, 2.75) is 46.0 Å². The van der Waals surface area contributed by atoms with Crippen molar-refractivity contribution in [3.8, 4) is 0 Å². The van der Waals surface area contributed by atoms with Crippen molar-refractivity contribution >= 4 is 17.9 Å². The number of rotatable bonds is 2. The highest BCUT2D eigenvalue weighted by Gasteiger charge is 2.57. The van der Waals surface area contributed by atoms with Gasteiger partial charge in [-0.05, 0) is 62.4 Å². The van der Waals surface area contributed by atoms with Crippen molar-refractivity contribution in [2.24, 2.45) is 32.9 Å². The second kappa shape index (κ2) is 5.27. The predicted molar refractivity (Wildman–Crippen MR) is 94.7 cm³/mol. The monoisotopic (exact) mass is 324 g/mol. The largest absolute Gasteiger partial charge is 0.431 e. The molecule has 2 aliphatic carbocycles. The number of esters is 1. The molecule has 3 unspecified atom stereocenters. The lowest BCUT2D eigenvalue weighted by atomic mass is 9.46. The molecule has 2 heterocycles. The first-order chi connectivity index (χ1) is 11.4. The molecule has 0 amide bonds. The standard InChI is InChI=1S/C20H24N2O2/c1-13-4-7-16-19(2,10-8-17-20(16,3)12-21-22-17)15(13)6-5-14-9-11-24-18(14)23/h5,9,11-12,15-16H,1,4,6-8,10H2,2-3H3/b14-5+/t15?,16?,19-,20?/m1/s1. The van der Waals surface area contributed by atoms with E-state index >= 15 is 0 Å². The zero-order chi connectivity index (χ0) is 16.9. The average molecular weight is 324 g/mol. The van der Waals surface area contributed by atoms with Crippen LogP contribution in [0.4, 0.5) is 0 Å². The van der Waals surface area contributed by atoms with Gasteiger partial charge in [0.1, 0.15) is 0 Å². The molecule has 4 rings (SSSR count). The van der Waals surface area contributed by atoms with Gasteiger partial charge >= 0.3 is 5.97 Å². The summed E-state index contributed by atoms with van der Waals surface area (Å²) in [5.74, 6) is 0.674. The Balaban J connectivity index is 1.65. The first-order valence-electron chi connectivity index (χ1n) is 8.82. The van der Waals surface area contributed by atoms with Crippen LogP contribution >= 0.6 is 0 Å². The second-order valence-electron chi connectivity index (χ2n) is 7.99. The average Bonchev–Trinajstić information content (AvgIpc) is 3.11. The zero-order valence-electron chi connectivity index (χ0n) is 14.4. The van der Waals surface area contributed by atoms with Crippen LogP contribution in [-0.4, -0.2) is 17.9 Å². The van der Waals surface area contributed by atoms with E-state index in [1.807, 2.05) is 6.08 Å². The van der Waals surface area contributed by atoms with Crippen molar-refractivity contribution in [1.29, 1.82) is 0 Å². The minimum Gasteiger partial charge on any atom is -0.431 e. The van der Waals surface area contributed by atoms with E-state index < -0.39 is 0 Å². The summed E-state index contributed by atoms with van der Waals surface area (Å²) in [5, 5.41) is 8.64. The number of cyclic esters (lactones) is 1. The molecule has 24 heavy (non-hydrogen) atoms. The fourth-order valence-corrected chi connectivity index (χ4v) is 5.41. The van der Waals surface area contributed by atoms with Crippen LogP contribution in [0.2, 0.25) is 0 Å². The quantitative estimate of drug-likeness (QED) is 0.434. The number of ether oxygens (including phenoxy) is 1. The number of nitrogens with zero attached hydrogens (tertiary/aromatic N) is 2. The Bertz CT molecular complexity index is 730. The van der Waals surface area contributed by atoms with Gasteiger partial charge in [-0.1, -0.05) is 25.2 Å². The summed E-state index contributed by atoms with van der Waals surface area (Å²) < 4.78 is 4.89. The summed E-state index contributed by atoms with van der Waals surface area (Å²) in [5.41, 5.74) is 3.39. The lowest BCUT2D eigenvalue weighted by Crippen LogP contribution is -2.54. The van der Waals surface area contributed by atoms with Crippen molar-refractivity contribution in [3.05, 3.63) is 36.1 Å². The van der Waals surface area contributed by atoms with Gasteiger partial charge in [0.15, 0.2) is 0 Å². The third kappa shape index (κ3) is 2.08. The molecule has 4 aliphatic rings. The molecule has 0 radical (unpaired) electrons. The molecule has 0 aromatic heterocycles. The van der Waals surface area contributed by atoms with Gasteiger partial charge in [-0.3, -0.25) is 0 Å². The highest BCUT2D eigenvalue weighted by molar-refractivity contribution is 6.06. The molecule has 2 fully saturated rings. The highest BCUT2D eigenvalue weighted by Crippen LogP contribution is 2.61. The first kappa shape index (κ1) is 15.6. The van der Waals surface area contributed by atoms with E-state index in [0.717, 1.165) is 32.1 Å². The number of carbonyl (C=O) groups excluding carboxylic acids is 1. The molecule has 4 nitrogen and oxygen atoms in total. The second-order valence-corrected chi connectivity index (χ2v) is 7.99. The van der Waals surface area contributed by atoms with Crippen LogP contribution < -0.4 is 0 Å². The summed E-state index contributed by atoms with van der Waals surface area (Å²) in [6.45, 7) is 9.08. The third-order valence-corrected chi connectivity index (χ3v) is 6.82. The summed E-state index contributed by atoms with van der Waals surface area (Å²) in [7, 11) is 0. The highest BCUT2D eigenvalue weighted by atomic mass is 16.5. The predicted octanol–water partition coefficient (Wildman–Crippen LogP) is 4.20. The van der Waals surface area contributed by atoms with Gasteiger partial charge in [-0.25, -0.2) is 4.79 Å². The molecule has 4 atom stereocenters. The number of hydrogen-bond donors (Lipinski definition) is 0. The van der Waals surface area contributed by atoms with Crippen LogP contribution in [0.15, 0.2) is 46.3 Å². The van der Waals surface area contributed by atoms with Gasteiger partial charge in [-0.2, -0.15) is 10.2 Å². The normalized spacial score (nSPS) is 42.1. The van der Waals surface area contributed by atoms with Crippen molar-refractivity contribution in [2.75, 3.05) is 0 Å². The fourth-order valence-electron chi connectivity index (χ4n) is 5.41. The van der Waals surface area contributed by atoms with Crippen LogP contribution in [0.25, 0.3) is 0 Å². The molecule has 0 aromatic rings. The molecule has 0 bridgehead atoms. The maximum absolute atomic E-state index is 11.7. The van der Waals surface area contributed by atoms with E-state index in [1.165, 1.54) is 17.5 Å². The topological polar surface area (TPSA) is 51.0 Å². The smallest absolute Gasteiger partial charge is 0.342 e. The van der Waals surface area contributed by atoms with Gasteiger partial charge in [0.2, 0.25) is 0 Å². The Kier molecular flexibility index (Phi) is 3.41. The molecular weight excluding hydrogens is 300 g/mol. The Morgan fingerprint density at radius 3 is 3.00 bits per heavy atom. The summed E-state index contributed by atoms with van der Waals surface area (Å²) in [6, 6.07) is 0. The van der Waals surface area contributed by atoms with Crippen molar-refractivity contribution in [1.82, 2.24) is 0 Å². The molecule has 0 saturated heterocycles. The van der Waals surface area contributed by atoms with Crippen LogP contribution in [0.3, 0.4) is 0 Å². The first-order valence-corrected chi connectivity index (χ1v) is 8.82. The van der Waals surface area contributed by atoms with Gasteiger partial charge in [0, 0.05) is 11.6 Å². The number of carbonyl (C=O) groups is 1. The van der Waals surface area contributed by atoms with E-state index in [9.17, 15) is 4.79 Å². The molecule has 0 spiro atoms. The number of allylic oxidation sites excluding steroid dienone is 2. The maximum atomic E-state index is 11.7. The summed E-state index contributed by atoms with van der Waals surface area (Å²) >= 11 is 0. The van der Waals surface area contributed by atoms with Gasteiger partial charge in [0.05, 0.1) is 17.5 Å². The summed E-state index contributed by atoms with van der Waals surface area (Å²) in [6.07, 6.45) is 12.5. The maximum Gasteiger partial charge on any atom is 0.342 e. The Hall–Kier alpha value is -1.97. The van der Waals surface area contributed by atoms with Crippen molar-refractivity contribution < 1.29 is 9.53 Å². The van der Waals surface area contributed by atoms with E-state index in [2.05, 4.69) is 36.8 Å². The minimum absolute atomic E-state index is 0.00865. The number of fused-ring (bicyclic) bond motifs is 3. The Morgan fingerprint density at radius 2 is 2.25 bits per heavy atom. The Labute approximate surface area is 143 Å². The van der Waals surface area contributed by atoms with E-state index in [4.69, 9.17) is 4.74 Å². The van der Waals surface area contributed by atoms with Crippen LogP contribution in [0.5, 0.6) is 0 Å². The van der Waals surface area contributed by atoms with Crippen LogP contribution in [0.1, 0.15) is 46.0 Å². The van der Waals surface area contributed by atoms with E-state index in [0.29, 0.717) is 17.4 Å². The molecule has 0 N–H and O–H groups in total. The fraction of sp³-hybridized carbons (Fsp3) is 0.550. The molecule has 126 valence electrons. The molecule has 2 aliphatic heterocycles. The molecular formula is C20H24N2O2. The number of hydrogen-bond acceptors (Lipinski definition) is 4. The van der Waals surface area contributed by atoms with Gasteiger partial charge < -0.3 is 4.74 Å². The summed E-state index contributed by atoms with van der Waals surface area (Å²) in [4.78, 5) is 11.7. The zero-order valence-corrected chi connectivity index (χ0v) is 14.4. The lowest BCUT2D eigenvalue weighted by molar-refractivity contribution is -0.132. The lowest BCUT2D eigenvalue weighted by Gasteiger charge is -2.57. The third-order valence-electron chi connectivity index (χ3n) is 6.82.